The van der Waals surface area contributed by atoms with Crippen LogP contribution >= 0.6 is 0 Å². The van der Waals surface area contributed by atoms with Crippen LogP contribution in [0.25, 0.3) is 0 Å². The van der Waals surface area contributed by atoms with Gasteiger partial charge < -0.3 is 0 Å². The first kappa shape index (κ1) is 11.5. The van der Waals surface area contributed by atoms with Crippen molar-refractivity contribution in [2.45, 2.75) is 53.0 Å². The molecule has 1 heteroatoms. The van der Waals surface area contributed by atoms with E-state index in [1.165, 1.54) is 18.6 Å². The van der Waals surface area contributed by atoms with Gasteiger partial charge in [-0.15, -0.1) is 6.58 Å². The van der Waals surface area contributed by atoms with Gasteiger partial charge in [0, 0.05) is 5.71 Å². The lowest BCUT2D eigenvalue weighted by molar-refractivity contribution is 0.392. The summed E-state index contributed by atoms with van der Waals surface area (Å²) in [7, 11) is 0. The Labute approximate surface area is 88.3 Å². The van der Waals surface area contributed by atoms with Crippen molar-refractivity contribution >= 4 is 5.71 Å². The van der Waals surface area contributed by atoms with E-state index in [2.05, 4.69) is 34.3 Å². The molecule has 80 valence electrons. The summed E-state index contributed by atoms with van der Waals surface area (Å²) in [5.74, 6) is 0.721. The third-order valence-electron chi connectivity index (χ3n) is 3.13. The summed E-state index contributed by atoms with van der Waals surface area (Å²) in [6.45, 7) is 12.8. The third kappa shape index (κ3) is 2.70. The Morgan fingerprint density at radius 2 is 2.14 bits per heavy atom. The molecule has 1 heterocycles. The van der Waals surface area contributed by atoms with E-state index < -0.39 is 0 Å². The van der Waals surface area contributed by atoms with Crippen molar-refractivity contribution in [1.29, 1.82) is 0 Å². The molecule has 14 heavy (non-hydrogen) atoms. The summed E-state index contributed by atoms with van der Waals surface area (Å²) < 4.78 is 0. The van der Waals surface area contributed by atoms with Gasteiger partial charge in [-0.1, -0.05) is 26.8 Å². The summed E-state index contributed by atoms with van der Waals surface area (Å²) in [5.41, 5.74) is 1.65. The number of aliphatic imine (C=N–C) groups is 1. The number of rotatable bonds is 2. The van der Waals surface area contributed by atoms with E-state index in [0.717, 1.165) is 12.3 Å². The fourth-order valence-electron chi connectivity index (χ4n) is 2.08. The van der Waals surface area contributed by atoms with E-state index in [4.69, 9.17) is 4.99 Å². The van der Waals surface area contributed by atoms with Gasteiger partial charge >= 0.3 is 0 Å². The standard InChI is InChI=1S/C13H23N/c1-6-7-11-8-9-12(13(3,4)5)14-10(11)2/h6,10-11H,1,7-9H2,2-5H3. The van der Waals surface area contributed by atoms with Crippen LogP contribution < -0.4 is 0 Å². The van der Waals surface area contributed by atoms with Gasteiger partial charge in [-0.05, 0) is 37.5 Å². The largest absolute Gasteiger partial charge is 0.290 e. The van der Waals surface area contributed by atoms with Crippen LogP contribution in [0.4, 0.5) is 0 Å². The summed E-state index contributed by atoms with van der Waals surface area (Å²) in [6, 6.07) is 0.482. The normalized spacial score (nSPS) is 28.4. The van der Waals surface area contributed by atoms with Crippen LogP contribution in [0, 0.1) is 11.3 Å². The predicted molar refractivity (Wildman–Crippen MR) is 63.9 cm³/mol. The van der Waals surface area contributed by atoms with Crippen LogP contribution in [0.1, 0.15) is 47.0 Å². The van der Waals surface area contributed by atoms with E-state index >= 15 is 0 Å². The first-order valence-corrected chi connectivity index (χ1v) is 5.63. The summed E-state index contributed by atoms with van der Waals surface area (Å²) >= 11 is 0. The highest BCUT2D eigenvalue weighted by Crippen LogP contribution is 2.30. The zero-order chi connectivity index (χ0) is 10.8. The average molecular weight is 193 g/mol. The molecule has 0 amide bonds. The molecule has 0 saturated heterocycles. The molecule has 0 aromatic heterocycles. The Balaban J connectivity index is 2.70. The quantitative estimate of drug-likeness (QED) is 0.591. The van der Waals surface area contributed by atoms with Gasteiger partial charge in [-0.25, -0.2) is 0 Å². The van der Waals surface area contributed by atoms with Crippen molar-refractivity contribution in [2.75, 3.05) is 0 Å². The van der Waals surface area contributed by atoms with Gasteiger partial charge in [0.1, 0.15) is 0 Å². The van der Waals surface area contributed by atoms with Crippen molar-refractivity contribution in [3.8, 4) is 0 Å². The predicted octanol–water partition coefficient (Wildman–Crippen LogP) is 3.85. The smallest absolute Gasteiger partial charge is 0.0502 e. The van der Waals surface area contributed by atoms with Gasteiger partial charge in [0.2, 0.25) is 0 Å². The van der Waals surface area contributed by atoms with Crippen molar-refractivity contribution in [1.82, 2.24) is 0 Å². The van der Waals surface area contributed by atoms with Crippen LogP contribution in [0.15, 0.2) is 17.6 Å². The van der Waals surface area contributed by atoms with E-state index in [0.29, 0.717) is 6.04 Å². The van der Waals surface area contributed by atoms with Crippen molar-refractivity contribution in [3.63, 3.8) is 0 Å². The minimum Gasteiger partial charge on any atom is -0.290 e. The lowest BCUT2D eigenvalue weighted by Gasteiger charge is -2.32. The molecule has 0 spiro atoms. The molecule has 0 saturated carbocycles. The number of hydrogen-bond donors (Lipinski definition) is 0. The fourth-order valence-corrected chi connectivity index (χ4v) is 2.08. The maximum atomic E-state index is 4.82. The van der Waals surface area contributed by atoms with Crippen LogP contribution in [-0.4, -0.2) is 11.8 Å². The molecule has 0 aliphatic carbocycles. The van der Waals surface area contributed by atoms with Crippen molar-refractivity contribution < 1.29 is 0 Å². The molecule has 0 N–H and O–H groups in total. The fraction of sp³-hybridized carbons (Fsp3) is 0.769. The third-order valence-corrected chi connectivity index (χ3v) is 3.13. The molecular weight excluding hydrogens is 170 g/mol. The zero-order valence-electron chi connectivity index (χ0n) is 10.0. The maximum absolute atomic E-state index is 4.82. The summed E-state index contributed by atoms with van der Waals surface area (Å²) in [5, 5.41) is 0. The molecule has 2 atom stereocenters. The van der Waals surface area contributed by atoms with Gasteiger partial charge in [0.15, 0.2) is 0 Å². The number of nitrogens with zero attached hydrogens (tertiary/aromatic N) is 1. The minimum absolute atomic E-state index is 0.257. The van der Waals surface area contributed by atoms with Crippen LogP contribution in [0.2, 0.25) is 0 Å². The molecular formula is C13H23N. The second kappa shape index (κ2) is 4.29. The van der Waals surface area contributed by atoms with Crippen molar-refractivity contribution in [2.24, 2.45) is 16.3 Å². The SMILES string of the molecule is C=CCC1CCC(C(C)(C)C)=NC1C. The molecule has 2 unspecified atom stereocenters. The van der Waals surface area contributed by atoms with Crippen molar-refractivity contribution in [3.05, 3.63) is 12.7 Å². The highest BCUT2D eigenvalue weighted by Gasteiger charge is 2.27. The highest BCUT2D eigenvalue weighted by atomic mass is 14.8. The molecule has 0 radical (unpaired) electrons. The average Bonchev–Trinajstić information content (AvgIpc) is 2.07. The van der Waals surface area contributed by atoms with Gasteiger partial charge in [-0.3, -0.25) is 4.99 Å². The number of hydrogen-bond acceptors (Lipinski definition) is 1. The molecule has 1 aliphatic rings. The molecule has 1 rings (SSSR count). The maximum Gasteiger partial charge on any atom is 0.0502 e. The van der Waals surface area contributed by atoms with E-state index in [1.54, 1.807) is 0 Å². The van der Waals surface area contributed by atoms with Gasteiger partial charge in [-0.2, -0.15) is 0 Å². The highest BCUT2D eigenvalue weighted by molar-refractivity contribution is 5.89. The van der Waals surface area contributed by atoms with Gasteiger partial charge in [0.25, 0.3) is 0 Å². The Kier molecular flexibility index (Phi) is 3.52. The Bertz CT molecular complexity index is 232. The Hall–Kier alpha value is -0.590. The van der Waals surface area contributed by atoms with Crippen LogP contribution in [-0.2, 0) is 0 Å². The Morgan fingerprint density at radius 1 is 1.50 bits per heavy atom. The molecule has 0 aromatic rings. The first-order chi connectivity index (χ1) is 6.45. The Morgan fingerprint density at radius 3 is 2.57 bits per heavy atom. The second-order valence-electron chi connectivity index (χ2n) is 5.39. The first-order valence-electron chi connectivity index (χ1n) is 5.63. The van der Waals surface area contributed by atoms with E-state index in [9.17, 15) is 0 Å². The summed E-state index contributed by atoms with van der Waals surface area (Å²) in [6.07, 6.45) is 5.59. The molecule has 0 bridgehead atoms. The number of allylic oxidation sites excluding steroid dienone is 1. The topological polar surface area (TPSA) is 12.4 Å². The van der Waals surface area contributed by atoms with Gasteiger partial charge in [0.05, 0.1) is 6.04 Å². The zero-order valence-corrected chi connectivity index (χ0v) is 10.0. The van der Waals surface area contributed by atoms with E-state index in [-0.39, 0.29) is 5.41 Å². The summed E-state index contributed by atoms with van der Waals surface area (Å²) in [4.78, 5) is 4.82. The minimum atomic E-state index is 0.257. The molecule has 1 aliphatic heterocycles. The van der Waals surface area contributed by atoms with E-state index in [1.807, 2.05) is 6.08 Å². The molecule has 0 fully saturated rings. The lowest BCUT2D eigenvalue weighted by Crippen LogP contribution is -2.30. The second-order valence-corrected chi connectivity index (χ2v) is 5.39. The van der Waals surface area contributed by atoms with Crippen LogP contribution in [0.5, 0.6) is 0 Å². The lowest BCUT2D eigenvalue weighted by atomic mass is 9.80. The van der Waals surface area contributed by atoms with Crippen LogP contribution in [0.3, 0.4) is 0 Å². The monoisotopic (exact) mass is 193 g/mol. The molecule has 1 nitrogen and oxygen atoms in total. The molecule has 0 aromatic carbocycles.